The van der Waals surface area contributed by atoms with Gasteiger partial charge in [-0.25, -0.2) is 0 Å². The first-order valence-corrected chi connectivity index (χ1v) is 18.3. The number of ether oxygens (including phenoxy) is 2. The van der Waals surface area contributed by atoms with Gasteiger partial charge in [-0.3, -0.25) is 0 Å². The predicted octanol–water partition coefficient (Wildman–Crippen LogP) is 7.46. The van der Waals surface area contributed by atoms with E-state index in [1.165, 1.54) is 0 Å². The van der Waals surface area contributed by atoms with E-state index in [2.05, 4.69) is 40.0 Å². The van der Waals surface area contributed by atoms with Crippen molar-refractivity contribution in [1.29, 1.82) is 0 Å². The fraction of sp³-hybridized carbons (Fsp3) is 0.500. The van der Waals surface area contributed by atoms with Crippen molar-refractivity contribution >= 4 is 51.2 Å². The SMILES string of the molecule is CCCC(Oc1ccc(N)cc1Cl)[Si](C)(O[Si](C)(C)C)C(CCC)Oc1ccc(N)cc1Cl. The molecule has 0 aliphatic carbocycles. The van der Waals surface area contributed by atoms with Crippen LogP contribution in [0.1, 0.15) is 39.5 Å². The highest BCUT2D eigenvalue weighted by molar-refractivity contribution is 6.86. The van der Waals surface area contributed by atoms with Gasteiger partial charge < -0.3 is 25.1 Å². The summed E-state index contributed by atoms with van der Waals surface area (Å²) in [5.74, 6) is 1.23. The van der Waals surface area contributed by atoms with Crippen LogP contribution in [-0.4, -0.2) is 28.1 Å². The van der Waals surface area contributed by atoms with Gasteiger partial charge in [0.2, 0.25) is 0 Å². The fourth-order valence-electron chi connectivity index (χ4n) is 3.98. The molecule has 0 aromatic heterocycles. The van der Waals surface area contributed by atoms with Crippen molar-refractivity contribution in [2.45, 2.75) is 77.2 Å². The van der Waals surface area contributed by atoms with Crippen LogP contribution >= 0.6 is 23.2 Å². The number of nitrogen functional groups attached to an aromatic ring is 2. The van der Waals surface area contributed by atoms with Gasteiger partial charge in [0, 0.05) is 11.4 Å². The van der Waals surface area contributed by atoms with Crippen molar-refractivity contribution in [1.82, 2.24) is 0 Å². The summed E-state index contributed by atoms with van der Waals surface area (Å²) in [5.41, 5.74) is 12.7. The van der Waals surface area contributed by atoms with Gasteiger partial charge in [-0.15, -0.1) is 0 Å². The van der Waals surface area contributed by atoms with Gasteiger partial charge in [0.05, 0.1) is 10.0 Å². The van der Waals surface area contributed by atoms with Crippen molar-refractivity contribution in [2.75, 3.05) is 11.5 Å². The van der Waals surface area contributed by atoms with E-state index in [4.69, 9.17) is 48.3 Å². The maximum absolute atomic E-state index is 7.02. The molecule has 0 heterocycles. The molecule has 5 nitrogen and oxygen atoms in total. The molecule has 0 bridgehead atoms. The lowest BCUT2D eigenvalue weighted by Crippen LogP contribution is -2.65. The predicted molar refractivity (Wildman–Crippen MR) is 146 cm³/mol. The summed E-state index contributed by atoms with van der Waals surface area (Å²) in [4.78, 5) is 0. The minimum atomic E-state index is -2.69. The van der Waals surface area contributed by atoms with E-state index in [9.17, 15) is 0 Å². The lowest BCUT2D eigenvalue weighted by atomic mass is 10.3. The number of rotatable bonds is 12. The van der Waals surface area contributed by atoms with Crippen LogP contribution in [0.2, 0.25) is 36.2 Å². The summed E-state index contributed by atoms with van der Waals surface area (Å²) >= 11 is 13.0. The molecule has 2 unspecified atom stereocenters. The zero-order valence-corrected chi connectivity index (χ0v) is 24.1. The van der Waals surface area contributed by atoms with Gasteiger partial charge >= 0.3 is 0 Å². The standard InChI is InChI=1S/C24H38Cl2N2O3Si2/c1-7-9-23(29-21-13-11-17(27)15-19(21)25)33(6,31-32(3,4)5)24(10-8-2)30-22-14-12-18(28)16-20(22)26/h11-16,23-24H,7-10,27-28H2,1-6H3. The zero-order chi connectivity index (χ0) is 24.8. The van der Waals surface area contributed by atoms with E-state index in [0.29, 0.717) is 32.9 Å². The average molecular weight is 530 g/mol. The van der Waals surface area contributed by atoms with E-state index >= 15 is 0 Å². The van der Waals surface area contributed by atoms with E-state index in [-0.39, 0.29) is 11.5 Å². The normalized spacial score (nSPS) is 15.5. The molecule has 0 fully saturated rings. The Bertz CT molecular complexity index is 862. The molecule has 184 valence electrons. The van der Waals surface area contributed by atoms with Gasteiger partial charge in [0.1, 0.15) is 23.0 Å². The van der Waals surface area contributed by atoms with Crippen LogP contribution in [0.3, 0.4) is 0 Å². The third kappa shape index (κ3) is 7.82. The first kappa shape index (κ1) is 27.9. The number of halogens is 2. The van der Waals surface area contributed by atoms with Crippen molar-refractivity contribution in [3.8, 4) is 11.5 Å². The second-order valence-corrected chi connectivity index (χ2v) is 19.1. The Hall–Kier alpha value is -1.39. The smallest absolute Gasteiger partial charge is 0.262 e. The van der Waals surface area contributed by atoms with Crippen molar-refractivity contribution in [3.63, 3.8) is 0 Å². The van der Waals surface area contributed by atoms with Gasteiger partial charge in [-0.2, -0.15) is 0 Å². The molecule has 0 amide bonds. The summed E-state index contributed by atoms with van der Waals surface area (Å²) in [7, 11) is -4.65. The van der Waals surface area contributed by atoms with E-state index in [1.54, 1.807) is 24.3 Å². The summed E-state index contributed by atoms with van der Waals surface area (Å²) in [6.07, 6.45) is 3.53. The molecule has 2 aromatic carbocycles. The minimum Gasteiger partial charge on any atom is -0.489 e. The molecule has 0 aliphatic rings. The van der Waals surface area contributed by atoms with E-state index in [0.717, 1.165) is 25.7 Å². The molecule has 0 radical (unpaired) electrons. The number of nitrogens with two attached hydrogens (primary N) is 2. The summed E-state index contributed by atoms with van der Waals surface area (Å²) in [6.45, 7) is 13.1. The van der Waals surface area contributed by atoms with Crippen LogP contribution in [0.25, 0.3) is 0 Å². The van der Waals surface area contributed by atoms with Gasteiger partial charge in [0.25, 0.3) is 8.32 Å². The summed E-state index contributed by atoms with van der Waals surface area (Å²) < 4.78 is 20.2. The van der Waals surface area contributed by atoms with Gasteiger partial charge in [-0.1, -0.05) is 49.9 Å². The molecule has 2 atom stereocenters. The van der Waals surface area contributed by atoms with Crippen molar-refractivity contribution in [3.05, 3.63) is 46.4 Å². The Labute approximate surface area is 211 Å². The Morgan fingerprint density at radius 2 is 1.15 bits per heavy atom. The molecular formula is C24H38Cl2N2O3Si2. The Kier molecular flexibility index (Phi) is 10.00. The fourth-order valence-corrected chi connectivity index (χ4v) is 13.6. The molecule has 2 aromatic rings. The Morgan fingerprint density at radius 1 is 0.758 bits per heavy atom. The Morgan fingerprint density at radius 3 is 1.45 bits per heavy atom. The molecule has 2 rings (SSSR count). The van der Waals surface area contributed by atoms with Crippen LogP contribution in [0.15, 0.2) is 36.4 Å². The second-order valence-electron chi connectivity index (χ2n) is 9.57. The van der Waals surface area contributed by atoms with E-state index < -0.39 is 16.6 Å². The lowest BCUT2D eigenvalue weighted by molar-refractivity contribution is 0.182. The van der Waals surface area contributed by atoms with Crippen LogP contribution in [-0.2, 0) is 4.12 Å². The minimum absolute atomic E-state index is 0.167. The van der Waals surface area contributed by atoms with E-state index in [1.807, 2.05) is 12.1 Å². The quantitative estimate of drug-likeness (QED) is 0.220. The van der Waals surface area contributed by atoms with Crippen LogP contribution in [0.4, 0.5) is 11.4 Å². The zero-order valence-electron chi connectivity index (χ0n) is 20.6. The van der Waals surface area contributed by atoms with Gasteiger partial charge in [0.15, 0.2) is 8.32 Å². The van der Waals surface area contributed by atoms with Gasteiger partial charge in [-0.05, 0) is 75.4 Å². The highest BCUT2D eigenvalue weighted by atomic mass is 35.5. The van der Waals surface area contributed by atoms with Crippen LogP contribution in [0, 0.1) is 0 Å². The second kappa shape index (κ2) is 11.8. The number of benzene rings is 2. The maximum atomic E-state index is 7.02. The first-order valence-electron chi connectivity index (χ1n) is 11.5. The maximum Gasteiger partial charge on any atom is 0.262 e. The lowest BCUT2D eigenvalue weighted by Gasteiger charge is -2.44. The third-order valence-corrected chi connectivity index (χ3v) is 13.5. The molecule has 0 spiro atoms. The molecule has 0 saturated heterocycles. The van der Waals surface area contributed by atoms with Crippen LogP contribution < -0.4 is 20.9 Å². The number of hydrogen-bond acceptors (Lipinski definition) is 5. The highest BCUT2D eigenvalue weighted by Crippen LogP contribution is 2.36. The number of anilines is 2. The monoisotopic (exact) mass is 528 g/mol. The topological polar surface area (TPSA) is 79.7 Å². The first-order chi connectivity index (χ1) is 15.4. The van der Waals surface area contributed by atoms with Crippen LogP contribution in [0.5, 0.6) is 11.5 Å². The third-order valence-electron chi connectivity index (χ3n) is 5.36. The van der Waals surface area contributed by atoms with Crippen molar-refractivity contribution < 1.29 is 13.6 Å². The molecule has 0 aliphatic heterocycles. The highest BCUT2D eigenvalue weighted by Gasteiger charge is 2.51. The Balaban J connectivity index is 2.53. The average Bonchev–Trinajstić information content (AvgIpc) is 2.69. The molecule has 0 saturated carbocycles. The molecule has 4 N–H and O–H groups in total. The molecular weight excluding hydrogens is 491 g/mol. The number of hydrogen-bond donors (Lipinski definition) is 2. The molecule has 9 heteroatoms. The van der Waals surface area contributed by atoms with Crippen molar-refractivity contribution in [2.24, 2.45) is 0 Å². The largest absolute Gasteiger partial charge is 0.489 e. The summed E-state index contributed by atoms with van der Waals surface area (Å²) in [5, 5.41) is 0.991. The molecule has 33 heavy (non-hydrogen) atoms. The summed E-state index contributed by atoms with van der Waals surface area (Å²) in [6, 6.07) is 10.7.